The van der Waals surface area contributed by atoms with Gasteiger partial charge in [0.25, 0.3) is 11.8 Å². The van der Waals surface area contributed by atoms with Gasteiger partial charge in [-0.2, -0.15) is 0 Å². The van der Waals surface area contributed by atoms with Crippen molar-refractivity contribution in [3.8, 4) is 0 Å². The Morgan fingerprint density at radius 1 is 1.00 bits per heavy atom. The van der Waals surface area contributed by atoms with Crippen LogP contribution in [-0.4, -0.2) is 41.9 Å². The van der Waals surface area contributed by atoms with E-state index >= 15 is 0 Å². The molecule has 2 amide bonds. The van der Waals surface area contributed by atoms with E-state index in [4.69, 9.17) is 9.47 Å². The topological polar surface area (TPSA) is 72.9 Å². The lowest BCUT2D eigenvalue weighted by atomic mass is 10.0. The number of nitrogens with zero attached hydrogens (tertiary/aromatic N) is 1. The quantitative estimate of drug-likeness (QED) is 0.580. The fraction of sp³-hybridized carbons (Fsp3) is 0.286. The van der Waals surface area contributed by atoms with Gasteiger partial charge in [0.05, 0.1) is 42.6 Å². The molecule has 0 fully saturated rings. The number of carbonyl (C=O) groups excluding carboxylic acids is 3. The molecule has 2 aromatic rings. The predicted octanol–water partition coefficient (Wildman–Crippen LogP) is 3.06. The van der Waals surface area contributed by atoms with Gasteiger partial charge in [0.15, 0.2) is 0 Å². The smallest absolute Gasteiger partial charge is 0.337 e. The van der Waals surface area contributed by atoms with Crippen LogP contribution < -0.4 is 0 Å². The van der Waals surface area contributed by atoms with Crippen molar-refractivity contribution < 1.29 is 23.9 Å². The van der Waals surface area contributed by atoms with Crippen LogP contribution in [0.5, 0.6) is 0 Å². The maximum atomic E-state index is 12.6. The number of esters is 1. The highest BCUT2D eigenvalue weighted by atomic mass is 16.5. The van der Waals surface area contributed by atoms with Gasteiger partial charge in [-0.25, -0.2) is 4.79 Å². The first-order valence-corrected chi connectivity index (χ1v) is 8.58. The van der Waals surface area contributed by atoms with Gasteiger partial charge in [-0.15, -0.1) is 0 Å². The first kappa shape index (κ1) is 18.8. The number of methoxy groups -OCH3 is 1. The number of carbonyl (C=O) groups is 3. The summed E-state index contributed by atoms with van der Waals surface area (Å²) in [5, 5.41) is 0. The van der Waals surface area contributed by atoms with E-state index in [2.05, 4.69) is 0 Å². The normalized spacial score (nSPS) is 13.7. The second-order valence-corrected chi connectivity index (χ2v) is 6.99. The molecule has 2 aromatic carbocycles. The number of benzene rings is 2. The van der Waals surface area contributed by atoms with Crippen molar-refractivity contribution in [2.24, 2.45) is 0 Å². The molecule has 6 nitrogen and oxygen atoms in total. The Morgan fingerprint density at radius 2 is 1.63 bits per heavy atom. The summed E-state index contributed by atoms with van der Waals surface area (Å²) < 4.78 is 10.5. The molecule has 3 rings (SSSR count). The second-order valence-electron chi connectivity index (χ2n) is 6.99. The summed E-state index contributed by atoms with van der Waals surface area (Å²) in [7, 11) is 1.33. The van der Waals surface area contributed by atoms with Crippen molar-refractivity contribution >= 4 is 17.8 Å². The average Bonchev–Trinajstić information content (AvgIpc) is 2.93. The number of fused-ring (bicyclic) bond motifs is 1. The lowest BCUT2D eigenvalue weighted by Gasteiger charge is -2.33. The van der Waals surface area contributed by atoms with Gasteiger partial charge < -0.3 is 9.47 Å². The molecule has 0 unspecified atom stereocenters. The number of amides is 2. The molecule has 0 radical (unpaired) electrons. The lowest BCUT2D eigenvalue weighted by molar-refractivity contribution is 0.0117. The Labute approximate surface area is 157 Å². The summed E-state index contributed by atoms with van der Waals surface area (Å²) >= 11 is 0. The summed E-state index contributed by atoms with van der Waals surface area (Å²) in [5.41, 5.74) is 1.27. The number of rotatable bonds is 6. The zero-order chi connectivity index (χ0) is 19.6. The van der Waals surface area contributed by atoms with Crippen LogP contribution in [0, 0.1) is 0 Å². The van der Waals surface area contributed by atoms with Gasteiger partial charge in [0.1, 0.15) is 0 Å². The first-order chi connectivity index (χ1) is 12.8. The molecule has 0 spiro atoms. The average molecular weight is 367 g/mol. The van der Waals surface area contributed by atoms with Gasteiger partial charge in [-0.3, -0.25) is 14.5 Å². The van der Waals surface area contributed by atoms with Crippen molar-refractivity contribution in [1.82, 2.24) is 4.90 Å². The van der Waals surface area contributed by atoms with Gasteiger partial charge in [0.2, 0.25) is 0 Å². The van der Waals surface area contributed by atoms with Gasteiger partial charge >= 0.3 is 5.97 Å². The summed E-state index contributed by atoms with van der Waals surface area (Å²) in [5.74, 6) is -1.03. The summed E-state index contributed by atoms with van der Waals surface area (Å²) in [6.07, 6.45) is 0. The van der Waals surface area contributed by atoms with E-state index in [1.165, 1.54) is 12.0 Å². The number of imide groups is 1. The van der Waals surface area contributed by atoms with Crippen molar-refractivity contribution in [3.05, 3.63) is 70.8 Å². The molecular weight excluding hydrogens is 346 g/mol. The molecular formula is C21H21NO5. The van der Waals surface area contributed by atoms with Crippen LogP contribution in [0.25, 0.3) is 0 Å². The van der Waals surface area contributed by atoms with E-state index in [-0.39, 0.29) is 25.0 Å². The Balaban J connectivity index is 1.67. The van der Waals surface area contributed by atoms with Crippen LogP contribution >= 0.6 is 0 Å². The highest BCUT2D eigenvalue weighted by Crippen LogP contribution is 2.29. The minimum absolute atomic E-state index is 0.168. The van der Waals surface area contributed by atoms with E-state index in [9.17, 15) is 14.4 Å². The summed E-state index contributed by atoms with van der Waals surface area (Å²) in [6.45, 7) is 4.00. The number of hydrogen-bond acceptors (Lipinski definition) is 5. The molecule has 0 aliphatic carbocycles. The van der Waals surface area contributed by atoms with Crippen LogP contribution in [0.15, 0.2) is 48.5 Å². The van der Waals surface area contributed by atoms with E-state index in [1.807, 2.05) is 6.07 Å². The van der Waals surface area contributed by atoms with Gasteiger partial charge in [-0.05, 0) is 43.7 Å². The minimum atomic E-state index is -0.812. The van der Waals surface area contributed by atoms with E-state index in [0.717, 1.165) is 5.56 Å². The van der Waals surface area contributed by atoms with Crippen molar-refractivity contribution in [2.75, 3.05) is 13.7 Å². The highest BCUT2D eigenvalue weighted by Gasteiger charge is 2.43. The van der Waals surface area contributed by atoms with Gasteiger partial charge in [-0.1, -0.05) is 24.3 Å². The van der Waals surface area contributed by atoms with Crippen LogP contribution in [0.4, 0.5) is 0 Å². The monoisotopic (exact) mass is 367 g/mol. The highest BCUT2D eigenvalue weighted by molar-refractivity contribution is 6.21. The zero-order valence-corrected chi connectivity index (χ0v) is 15.5. The largest absolute Gasteiger partial charge is 0.465 e. The van der Waals surface area contributed by atoms with Crippen LogP contribution in [0.1, 0.15) is 50.5 Å². The van der Waals surface area contributed by atoms with Gasteiger partial charge in [0, 0.05) is 0 Å². The fourth-order valence-corrected chi connectivity index (χ4v) is 3.13. The lowest BCUT2D eigenvalue weighted by Crippen LogP contribution is -2.50. The molecule has 0 aromatic heterocycles. The fourth-order valence-electron chi connectivity index (χ4n) is 3.13. The van der Waals surface area contributed by atoms with Crippen molar-refractivity contribution in [1.29, 1.82) is 0 Å². The predicted molar refractivity (Wildman–Crippen MR) is 98.5 cm³/mol. The SMILES string of the molecule is COC(=O)c1cccc(COCC(C)(C)N2C(=O)c3ccccc3C2=O)c1. The van der Waals surface area contributed by atoms with Crippen molar-refractivity contribution in [2.45, 2.75) is 26.0 Å². The Bertz CT molecular complexity index is 868. The first-order valence-electron chi connectivity index (χ1n) is 8.58. The van der Waals surface area contributed by atoms with Crippen LogP contribution in [0.3, 0.4) is 0 Å². The molecule has 0 N–H and O–H groups in total. The maximum Gasteiger partial charge on any atom is 0.337 e. The third-order valence-corrected chi connectivity index (χ3v) is 4.47. The molecule has 1 aliphatic heterocycles. The minimum Gasteiger partial charge on any atom is -0.465 e. The standard InChI is InChI=1S/C21H21NO5/c1-21(2,22-18(23)16-9-4-5-10-17(16)19(22)24)13-27-12-14-7-6-8-15(11-14)20(25)26-3/h4-11H,12-13H2,1-3H3. The summed E-state index contributed by atoms with van der Waals surface area (Å²) in [4.78, 5) is 38.1. The maximum absolute atomic E-state index is 12.6. The Hall–Kier alpha value is -2.99. The molecule has 140 valence electrons. The van der Waals surface area contributed by atoms with Crippen LogP contribution in [0.2, 0.25) is 0 Å². The third kappa shape index (κ3) is 3.61. The van der Waals surface area contributed by atoms with Crippen LogP contribution in [-0.2, 0) is 16.1 Å². The number of ether oxygens (including phenoxy) is 2. The molecule has 1 heterocycles. The number of hydrogen-bond donors (Lipinski definition) is 0. The molecule has 1 aliphatic rings. The van der Waals surface area contributed by atoms with Crippen molar-refractivity contribution in [3.63, 3.8) is 0 Å². The Morgan fingerprint density at radius 3 is 2.22 bits per heavy atom. The molecule has 27 heavy (non-hydrogen) atoms. The summed E-state index contributed by atoms with van der Waals surface area (Å²) in [6, 6.07) is 13.7. The van der Waals surface area contributed by atoms with E-state index in [1.54, 1.807) is 56.3 Å². The molecule has 6 heteroatoms. The molecule has 0 atom stereocenters. The van der Waals surface area contributed by atoms with E-state index in [0.29, 0.717) is 16.7 Å². The molecule has 0 saturated carbocycles. The molecule has 0 bridgehead atoms. The Kier molecular flexibility index (Phi) is 5.10. The molecule has 0 saturated heterocycles. The zero-order valence-electron chi connectivity index (χ0n) is 15.5. The second kappa shape index (κ2) is 7.32. The van der Waals surface area contributed by atoms with E-state index < -0.39 is 11.5 Å². The third-order valence-electron chi connectivity index (χ3n) is 4.47.